The quantitative estimate of drug-likeness (QED) is 0.608. The van der Waals surface area contributed by atoms with Crippen LogP contribution < -0.4 is 5.32 Å². The lowest BCUT2D eigenvalue weighted by molar-refractivity contribution is 1.08. The molecule has 0 unspecified atom stereocenters. The van der Waals surface area contributed by atoms with Gasteiger partial charge in [-0.15, -0.1) is 0 Å². The number of anilines is 1. The monoisotopic (exact) mass is 403 g/mol. The molecule has 2 heterocycles. The number of nitrogens with one attached hydrogen (secondary N) is 1. The van der Waals surface area contributed by atoms with Crippen molar-refractivity contribution in [3.8, 4) is 0 Å². The standard InChI is InChI=1S/C14H9BrCl3N3/c15-8-3-11(17)14(12(18)4-8)19-5-10-7-21-6-9(16)1-2-13(21)20-10/h1-4,6-7,19H,5H2. The van der Waals surface area contributed by atoms with Gasteiger partial charge in [0, 0.05) is 16.9 Å². The van der Waals surface area contributed by atoms with Crippen LogP contribution in [-0.2, 0) is 6.54 Å². The molecule has 0 aliphatic heterocycles. The van der Waals surface area contributed by atoms with E-state index in [1.807, 2.05) is 28.9 Å². The predicted octanol–water partition coefficient (Wildman–Crippen LogP) is 5.67. The molecule has 0 aliphatic rings. The fourth-order valence-corrected chi connectivity index (χ4v) is 3.50. The maximum Gasteiger partial charge on any atom is 0.137 e. The molecule has 0 spiro atoms. The first-order chi connectivity index (χ1) is 10.0. The first-order valence-corrected chi connectivity index (χ1v) is 7.97. The highest BCUT2D eigenvalue weighted by atomic mass is 79.9. The molecule has 0 saturated heterocycles. The maximum absolute atomic E-state index is 6.18. The summed E-state index contributed by atoms with van der Waals surface area (Å²) in [6, 6.07) is 7.26. The predicted molar refractivity (Wildman–Crippen MR) is 91.7 cm³/mol. The molecular formula is C14H9BrCl3N3. The summed E-state index contributed by atoms with van der Waals surface area (Å²) in [7, 11) is 0. The summed E-state index contributed by atoms with van der Waals surface area (Å²) in [5, 5.41) is 4.99. The largest absolute Gasteiger partial charge is 0.377 e. The van der Waals surface area contributed by atoms with Gasteiger partial charge in [0.15, 0.2) is 0 Å². The van der Waals surface area contributed by atoms with Gasteiger partial charge in [-0.25, -0.2) is 4.98 Å². The first-order valence-electron chi connectivity index (χ1n) is 6.04. The minimum absolute atomic E-state index is 0.514. The Bertz CT molecular complexity index is 793. The van der Waals surface area contributed by atoms with Crippen LogP contribution in [0.5, 0.6) is 0 Å². The molecule has 21 heavy (non-hydrogen) atoms. The van der Waals surface area contributed by atoms with Gasteiger partial charge < -0.3 is 9.72 Å². The minimum atomic E-state index is 0.514. The van der Waals surface area contributed by atoms with Crippen molar-refractivity contribution >= 4 is 62.1 Å². The van der Waals surface area contributed by atoms with Crippen molar-refractivity contribution in [3.05, 3.63) is 61.9 Å². The Morgan fingerprint density at radius 3 is 2.52 bits per heavy atom. The van der Waals surface area contributed by atoms with E-state index < -0.39 is 0 Å². The third kappa shape index (κ3) is 3.29. The smallest absolute Gasteiger partial charge is 0.137 e. The van der Waals surface area contributed by atoms with Crippen LogP contribution in [-0.4, -0.2) is 9.38 Å². The lowest BCUT2D eigenvalue weighted by Crippen LogP contribution is -2.01. The van der Waals surface area contributed by atoms with Crippen molar-refractivity contribution in [3.63, 3.8) is 0 Å². The summed E-state index contributed by atoms with van der Waals surface area (Å²) in [6.07, 6.45) is 3.72. The van der Waals surface area contributed by atoms with Gasteiger partial charge in [-0.05, 0) is 24.3 Å². The molecule has 0 aliphatic carbocycles. The molecule has 0 amide bonds. The number of nitrogens with zero attached hydrogens (tertiary/aromatic N) is 2. The van der Waals surface area contributed by atoms with Crippen molar-refractivity contribution < 1.29 is 0 Å². The number of fused-ring (bicyclic) bond motifs is 1. The molecule has 3 aromatic rings. The third-order valence-electron chi connectivity index (χ3n) is 2.92. The number of hydrogen-bond acceptors (Lipinski definition) is 2. The molecule has 0 fully saturated rings. The highest BCUT2D eigenvalue weighted by molar-refractivity contribution is 9.10. The molecule has 3 nitrogen and oxygen atoms in total. The molecule has 1 aromatic carbocycles. The van der Waals surface area contributed by atoms with Crippen LogP contribution in [0.15, 0.2) is 41.1 Å². The lowest BCUT2D eigenvalue weighted by atomic mass is 10.3. The molecule has 0 atom stereocenters. The average molecular weight is 406 g/mol. The number of hydrogen-bond donors (Lipinski definition) is 1. The summed E-state index contributed by atoms with van der Waals surface area (Å²) < 4.78 is 2.72. The number of benzene rings is 1. The molecule has 0 radical (unpaired) electrons. The van der Waals surface area contributed by atoms with E-state index >= 15 is 0 Å². The average Bonchev–Trinajstić information content (AvgIpc) is 2.79. The van der Waals surface area contributed by atoms with Gasteiger partial charge in [-0.3, -0.25) is 0 Å². The Hall–Kier alpha value is -0.940. The maximum atomic E-state index is 6.18. The number of halogens is 4. The van der Waals surface area contributed by atoms with Crippen molar-refractivity contribution in [2.24, 2.45) is 0 Å². The van der Waals surface area contributed by atoms with E-state index in [1.165, 1.54) is 0 Å². The third-order valence-corrected chi connectivity index (χ3v) is 4.20. The van der Waals surface area contributed by atoms with Gasteiger partial charge in [-0.2, -0.15) is 0 Å². The number of pyridine rings is 1. The second-order valence-electron chi connectivity index (χ2n) is 4.44. The van der Waals surface area contributed by atoms with E-state index in [2.05, 4.69) is 26.2 Å². The van der Waals surface area contributed by atoms with E-state index in [0.29, 0.717) is 27.3 Å². The SMILES string of the molecule is Clc1ccc2nc(CNc3c(Cl)cc(Br)cc3Cl)cn2c1. The van der Waals surface area contributed by atoms with E-state index in [0.717, 1.165) is 15.8 Å². The summed E-state index contributed by atoms with van der Waals surface area (Å²) in [6.45, 7) is 0.514. The first kappa shape index (κ1) is 15.0. The van der Waals surface area contributed by atoms with Crippen molar-refractivity contribution in [2.75, 3.05) is 5.32 Å². The molecule has 7 heteroatoms. The normalized spacial score (nSPS) is 11.0. The van der Waals surface area contributed by atoms with E-state index in [9.17, 15) is 0 Å². The second-order valence-corrected chi connectivity index (χ2v) is 6.61. The summed E-state index contributed by atoms with van der Waals surface area (Å²) in [5.41, 5.74) is 2.40. The molecule has 0 bridgehead atoms. The highest BCUT2D eigenvalue weighted by Crippen LogP contribution is 2.34. The molecule has 3 rings (SSSR count). The van der Waals surface area contributed by atoms with Crippen molar-refractivity contribution in [1.29, 1.82) is 0 Å². The molecule has 1 N–H and O–H groups in total. The Labute approximate surface area is 145 Å². The van der Waals surface area contributed by atoms with Crippen molar-refractivity contribution in [1.82, 2.24) is 9.38 Å². The number of aromatic nitrogens is 2. The fraction of sp³-hybridized carbons (Fsp3) is 0.0714. The zero-order valence-electron chi connectivity index (χ0n) is 10.6. The lowest BCUT2D eigenvalue weighted by Gasteiger charge is -2.09. The van der Waals surface area contributed by atoms with Crippen LogP contribution in [0.3, 0.4) is 0 Å². The van der Waals surface area contributed by atoms with E-state index in [1.54, 1.807) is 12.1 Å². The fourth-order valence-electron chi connectivity index (χ4n) is 1.99. The number of rotatable bonds is 3. The summed E-state index contributed by atoms with van der Waals surface area (Å²) in [4.78, 5) is 4.49. The Balaban J connectivity index is 1.83. The molecule has 2 aromatic heterocycles. The van der Waals surface area contributed by atoms with Crippen LogP contribution in [0.25, 0.3) is 5.65 Å². The van der Waals surface area contributed by atoms with Crippen LogP contribution in [0.1, 0.15) is 5.69 Å². The van der Waals surface area contributed by atoms with Gasteiger partial charge in [0.1, 0.15) is 5.65 Å². The van der Waals surface area contributed by atoms with Gasteiger partial charge in [0.25, 0.3) is 0 Å². The number of imidazole rings is 1. The Kier molecular flexibility index (Phi) is 4.31. The zero-order chi connectivity index (χ0) is 15.0. The van der Waals surface area contributed by atoms with Crippen molar-refractivity contribution in [2.45, 2.75) is 6.54 Å². The Morgan fingerprint density at radius 2 is 1.81 bits per heavy atom. The van der Waals surface area contributed by atoms with Crippen LogP contribution in [0.2, 0.25) is 15.1 Å². The van der Waals surface area contributed by atoms with Gasteiger partial charge >= 0.3 is 0 Å². The van der Waals surface area contributed by atoms with Crippen LogP contribution in [0.4, 0.5) is 5.69 Å². The molecule has 0 saturated carbocycles. The Morgan fingerprint density at radius 1 is 1.10 bits per heavy atom. The topological polar surface area (TPSA) is 29.3 Å². The van der Waals surface area contributed by atoms with E-state index in [4.69, 9.17) is 34.8 Å². The highest BCUT2D eigenvalue weighted by Gasteiger charge is 2.08. The van der Waals surface area contributed by atoms with Crippen LogP contribution >= 0.6 is 50.7 Å². The minimum Gasteiger partial charge on any atom is -0.377 e. The van der Waals surface area contributed by atoms with Gasteiger partial charge in [0.2, 0.25) is 0 Å². The van der Waals surface area contributed by atoms with Gasteiger partial charge in [0.05, 0.1) is 33.0 Å². The van der Waals surface area contributed by atoms with E-state index in [-0.39, 0.29) is 0 Å². The van der Waals surface area contributed by atoms with Crippen LogP contribution in [0, 0.1) is 0 Å². The molecule has 108 valence electrons. The second kappa shape index (κ2) is 6.05. The summed E-state index contributed by atoms with van der Waals surface area (Å²) in [5.74, 6) is 0. The van der Waals surface area contributed by atoms with Gasteiger partial charge in [-0.1, -0.05) is 50.7 Å². The molecular weight excluding hydrogens is 396 g/mol. The zero-order valence-corrected chi connectivity index (χ0v) is 14.4. The summed E-state index contributed by atoms with van der Waals surface area (Å²) >= 11 is 21.7.